The van der Waals surface area contributed by atoms with Gasteiger partial charge in [-0.3, -0.25) is 4.79 Å². The molecule has 1 aromatic heterocycles. The maximum atomic E-state index is 13.2. The normalized spacial score (nSPS) is 14.2. The molecule has 0 spiro atoms. The van der Waals surface area contributed by atoms with Crippen molar-refractivity contribution >= 4 is 34.2 Å². The zero-order valence-electron chi connectivity index (χ0n) is 19.3. The first-order valence-corrected chi connectivity index (χ1v) is 11.3. The Morgan fingerprint density at radius 3 is 2.48 bits per heavy atom. The monoisotopic (exact) mass is 447 g/mol. The fourth-order valence-corrected chi connectivity index (χ4v) is 3.98. The Kier molecular flexibility index (Phi) is 6.77. The number of carbonyl (C=O) groups excluding carboxylic acids is 2. The molecule has 1 amide bonds. The topological polar surface area (TPSA) is 80.8 Å². The number of nitrogens with one attached hydrogen (secondary N) is 1. The molecule has 2 aromatic carbocycles. The van der Waals surface area contributed by atoms with Crippen LogP contribution in [0.5, 0.6) is 5.75 Å². The minimum absolute atomic E-state index is 0.0553. The van der Waals surface area contributed by atoms with Crippen molar-refractivity contribution in [3.63, 3.8) is 0 Å². The number of likely N-dealkylation sites (tertiary alicyclic amines) is 1. The molecule has 7 nitrogen and oxygen atoms in total. The van der Waals surface area contributed by atoms with E-state index in [1.54, 1.807) is 32.2 Å². The highest BCUT2D eigenvalue weighted by Gasteiger charge is 2.23. The first kappa shape index (κ1) is 22.6. The molecule has 1 aliphatic rings. The number of amides is 1. The third-order valence-corrected chi connectivity index (χ3v) is 5.98. The van der Waals surface area contributed by atoms with E-state index >= 15 is 0 Å². The second-order valence-corrected chi connectivity index (χ2v) is 8.34. The van der Waals surface area contributed by atoms with Crippen molar-refractivity contribution in [2.24, 2.45) is 5.92 Å². The highest BCUT2D eigenvalue weighted by atomic mass is 16.5. The van der Waals surface area contributed by atoms with Crippen molar-refractivity contribution in [3.05, 3.63) is 59.8 Å². The molecule has 0 unspecified atom stereocenters. The molecule has 2 heterocycles. The Labute approximate surface area is 193 Å². The SMILES string of the molecule is CCOC(=O)c1ccc(Nc2cc(C(=O)N3CCC(C)CC3)nc3ccc(OC)cc23)cc1. The third kappa shape index (κ3) is 5.08. The van der Waals surface area contributed by atoms with E-state index in [9.17, 15) is 9.59 Å². The smallest absolute Gasteiger partial charge is 0.338 e. The standard InChI is InChI=1S/C26H29N3O4/c1-4-33-26(31)18-5-7-19(8-6-18)27-23-16-24(25(30)29-13-11-17(2)12-14-29)28-22-10-9-20(32-3)15-21(22)23/h5-10,15-17H,4,11-14H2,1-3H3,(H,27,28). The highest BCUT2D eigenvalue weighted by molar-refractivity contribution is 6.01. The number of methoxy groups -OCH3 is 1. The Hall–Kier alpha value is -3.61. The van der Waals surface area contributed by atoms with E-state index in [1.165, 1.54) is 0 Å². The molecule has 4 rings (SSSR count). The van der Waals surface area contributed by atoms with Crippen molar-refractivity contribution in [3.8, 4) is 5.75 Å². The summed E-state index contributed by atoms with van der Waals surface area (Å²) in [5.41, 5.74) is 3.13. The summed E-state index contributed by atoms with van der Waals surface area (Å²) in [6.45, 7) is 5.83. The summed E-state index contributed by atoms with van der Waals surface area (Å²) in [6, 6.07) is 14.4. The van der Waals surface area contributed by atoms with Gasteiger partial charge in [0.05, 0.1) is 30.5 Å². The summed E-state index contributed by atoms with van der Waals surface area (Å²) < 4.78 is 10.4. The first-order valence-electron chi connectivity index (χ1n) is 11.3. The van der Waals surface area contributed by atoms with Crippen LogP contribution in [0.15, 0.2) is 48.5 Å². The van der Waals surface area contributed by atoms with Crippen LogP contribution in [0.25, 0.3) is 10.9 Å². The third-order valence-electron chi connectivity index (χ3n) is 5.98. The molecule has 0 aliphatic carbocycles. The van der Waals surface area contributed by atoms with Gasteiger partial charge in [-0.25, -0.2) is 9.78 Å². The predicted molar refractivity (Wildman–Crippen MR) is 128 cm³/mol. The van der Waals surface area contributed by atoms with Crippen LogP contribution >= 0.6 is 0 Å². The minimum Gasteiger partial charge on any atom is -0.497 e. The number of esters is 1. The molecule has 0 bridgehead atoms. The van der Waals surface area contributed by atoms with Crippen LogP contribution in [0.2, 0.25) is 0 Å². The maximum Gasteiger partial charge on any atom is 0.338 e. The Balaban J connectivity index is 1.67. The van der Waals surface area contributed by atoms with Gasteiger partial charge < -0.3 is 19.7 Å². The molecule has 0 radical (unpaired) electrons. The number of pyridine rings is 1. The van der Waals surface area contributed by atoms with Gasteiger partial charge in [0.25, 0.3) is 5.91 Å². The predicted octanol–water partition coefficient (Wildman–Crippen LogP) is 5.04. The van der Waals surface area contributed by atoms with E-state index in [1.807, 2.05) is 35.2 Å². The lowest BCUT2D eigenvalue weighted by Gasteiger charge is -2.30. The van der Waals surface area contributed by atoms with E-state index in [2.05, 4.69) is 17.2 Å². The van der Waals surface area contributed by atoms with E-state index in [4.69, 9.17) is 9.47 Å². The van der Waals surface area contributed by atoms with Crippen molar-refractivity contribution in [2.75, 3.05) is 32.1 Å². The van der Waals surface area contributed by atoms with Gasteiger partial charge in [0, 0.05) is 24.2 Å². The number of anilines is 2. The fraction of sp³-hybridized carbons (Fsp3) is 0.346. The lowest BCUT2D eigenvalue weighted by atomic mass is 9.99. The van der Waals surface area contributed by atoms with E-state index in [-0.39, 0.29) is 11.9 Å². The highest BCUT2D eigenvalue weighted by Crippen LogP contribution is 2.30. The molecular weight excluding hydrogens is 418 g/mol. The number of nitrogens with zero attached hydrogens (tertiary/aromatic N) is 2. The van der Waals surface area contributed by atoms with Gasteiger partial charge >= 0.3 is 5.97 Å². The van der Waals surface area contributed by atoms with Crippen LogP contribution in [0, 0.1) is 5.92 Å². The van der Waals surface area contributed by atoms with Gasteiger partial charge in [-0.2, -0.15) is 0 Å². The summed E-state index contributed by atoms with van der Waals surface area (Å²) in [5, 5.41) is 4.22. The molecule has 1 fully saturated rings. The number of carbonyl (C=O) groups is 2. The van der Waals surface area contributed by atoms with E-state index in [0.717, 1.165) is 42.7 Å². The zero-order chi connectivity index (χ0) is 23.4. The molecule has 3 aromatic rings. The Bertz CT molecular complexity index is 1150. The summed E-state index contributed by atoms with van der Waals surface area (Å²) in [6.07, 6.45) is 2.02. The van der Waals surface area contributed by atoms with Crippen molar-refractivity contribution in [1.82, 2.24) is 9.88 Å². The number of hydrogen-bond acceptors (Lipinski definition) is 6. The summed E-state index contributed by atoms with van der Waals surface area (Å²) in [5.74, 6) is 0.933. The average molecular weight is 448 g/mol. The quantitative estimate of drug-likeness (QED) is 0.534. The molecule has 0 atom stereocenters. The Morgan fingerprint density at radius 1 is 1.09 bits per heavy atom. The second-order valence-electron chi connectivity index (χ2n) is 8.34. The van der Waals surface area contributed by atoms with Crippen LogP contribution in [0.1, 0.15) is 47.5 Å². The number of rotatable bonds is 6. The zero-order valence-corrected chi connectivity index (χ0v) is 19.3. The number of ether oxygens (including phenoxy) is 2. The summed E-state index contributed by atoms with van der Waals surface area (Å²) in [7, 11) is 1.62. The first-order chi connectivity index (χ1) is 16.0. The lowest BCUT2D eigenvalue weighted by molar-refractivity contribution is 0.0526. The Morgan fingerprint density at radius 2 is 1.82 bits per heavy atom. The number of benzene rings is 2. The van der Waals surface area contributed by atoms with Gasteiger partial charge in [-0.1, -0.05) is 6.92 Å². The number of piperidine rings is 1. The van der Waals surface area contributed by atoms with E-state index < -0.39 is 0 Å². The summed E-state index contributed by atoms with van der Waals surface area (Å²) in [4.78, 5) is 31.7. The van der Waals surface area contributed by atoms with Crippen LogP contribution in [0.4, 0.5) is 11.4 Å². The fourth-order valence-electron chi connectivity index (χ4n) is 3.98. The van der Waals surface area contributed by atoms with Crippen LogP contribution in [-0.2, 0) is 4.74 Å². The molecule has 172 valence electrons. The molecule has 1 aliphatic heterocycles. The molecule has 1 saturated heterocycles. The van der Waals surface area contributed by atoms with Gasteiger partial charge in [-0.15, -0.1) is 0 Å². The van der Waals surface area contributed by atoms with E-state index in [0.29, 0.717) is 35.0 Å². The lowest BCUT2D eigenvalue weighted by Crippen LogP contribution is -2.38. The molecule has 33 heavy (non-hydrogen) atoms. The average Bonchev–Trinajstić information content (AvgIpc) is 2.84. The number of hydrogen-bond donors (Lipinski definition) is 1. The minimum atomic E-state index is -0.355. The molecular formula is C26H29N3O4. The maximum absolute atomic E-state index is 13.2. The van der Waals surface area contributed by atoms with Gasteiger partial charge in [0.1, 0.15) is 11.4 Å². The largest absolute Gasteiger partial charge is 0.497 e. The van der Waals surface area contributed by atoms with Gasteiger partial charge in [0.15, 0.2) is 0 Å². The summed E-state index contributed by atoms with van der Waals surface area (Å²) >= 11 is 0. The molecule has 7 heteroatoms. The molecule has 0 saturated carbocycles. The van der Waals surface area contributed by atoms with Crippen molar-refractivity contribution < 1.29 is 19.1 Å². The number of aromatic nitrogens is 1. The van der Waals surface area contributed by atoms with Crippen LogP contribution in [-0.4, -0.2) is 48.6 Å². The second kappa shape index (κ2) is 9.90. The van der Waals surface area contributed by atoms with Gasteiger partial charge in [0.2, 0.25) is 0 Å². The van der Waals surface area contributed by atoms with Crippen molar-refractivity contribution in [1.29, 1.82) is 0 Å². The van der Waals surface area contributed by atoms with Crippen molar-refractivity contribution in [2.45, 2.75) is 26.7 Å². The van der Waals surface area contributed by atoms with Crippen LogP contribution in [0.3, 0.4) is 0 Å². The number of fused-ring (bicyclic) bond motifs is 1. The van der Waals surface area contributed by atoms with Crippen LogP contribution < -0.4 is 10.1 Å². The molecule has 1 N–H and O–H groups in total. The van der Waals surface area contributed by atoms with Gasteiger partial charge in [-0.05, 0) is 74.2 Å².